The highest BCUT2D eigenvalue weighted by molar-refractivity contribution is 5.17. The van der Waals surface area contributed by atoms with Gasteiger partial charge in [-0.15, -0.1) is 0 Å². The molecule has 1 aliphatic carbocycles. The summed E-state index contributed by atoms with van der Waals surface area (Å²) in [6.07, 6.45) is 6.89. The van der Waals surface area contributed by atoms with Gasteiger partial charge in [0.15, 0.2) is 0 Å². The minimum atomic E-state index is 0.195. The Morgan fingerprint density at radius 1 is 1.38 bits per heavy atom. The van der Waals surface area contributed by atoms with Crippen LogP contribution < -0.4 is 5.73 Å². The normalized spacial score (nSPS) is 18.2. The van der Waals surface area contributed by atoms with E-state index >= 15 is 0 Å². The highest BCUT2D eigenvalue weighted by Crippen LogP contribution is 2.33. The van der Waals surface area contributed by atoms with Crippen molar-refractivity contribution in [1.82, 2.24) is 9.55 Å². The molecule has 1 unspecified atom stereocenters. The van der Waals surface area contributed by atoms with Gasteiger partial charge in [-0.1, -0.05) is 20.8 Å². The molecule has 0 radical (unpaired) electrons. The molecule has 0 aliphatic heterocycles. The summed E-state index contributed by atoms with van der Waals surface area (Å²) >= 11 is 0. The quantitative estimate of drug-likeness (QED) is 0.833. The van der Waals surface area contributed by atoms with E-state index < -0.39 is 0 Å². The number of nitrogens with zero attached hydrogens (tertiary/aromatic N) is 2. The molecule has 3 heteroatoms. The van der Waals surface area contributed by atoms with Crippen LogP contribution in [0.5, 0.6) is 0 Å². The second-order valence-corrected chi connectivity index (χ2v) is 5.87. The van der Waals surface area contributed by atoms with Crippen LogP contribution in [0.2, 0.25) is 0 Å². The first-order valence-electron chi connectivity index (χ1n) is 6.28. The third-order valence-corrected chi connectivity index (χ3v) is 3.62. The Kier molecular flexibility index (Phi) is 3.06. The van der Waals surface area contributed by atoms with Gasteiger partial charge in [-0.25, -0.2) is 4.98 Å². The molecule has 2 rings (SSSR count). The summed E-state index contributed by atoms with van der Waals surface area (Å²) in [6, 6.07) is 0.363. The Balaban J connectivity index is 2.35. The zero-order chi connectivity index (χ0) is 11.8. The van der Waals surface area contributed by atoms with E-state index in [2.05, 4.69) is 30.3 Å². The number of hydrogen-bond donors (Lipinski definition) is 1. The molecule has 16 heavy (non-hydrogen) atoms. The highest BCUT2D eigenvalue weighted by Gasteiger charge is 2.28. The average molecular weight is 221 g/mol. The summed E-state index contributed by atoms with van der Waals surface area (Å²) in [7, 11) is 0. The van der Waals surface area contributed by atoms with Crippen molar-refractivity contribution in [3.05, 3.63) is 17.7 Å². The molecule has 1 heterocycles. The fourth-order valence-electron chi connectivity index (χ4n) is 2.65. The lowest BCUT2D eigenvalue weighted by atomic mass is 9.86. The molecule has 0 fully saturated rings. The van der Waals surface area contributed by atoms with Gasteiger partial charge in [0, 0.05) is 12.2 Å². The standard InChI is InChI=1S/C13H23N3/c1-13(2,3)12(8-14)16-9-15-10-6-4-5-7-11(10)16/h9,12H,4-8,14H2,1-3H3. The number of imidazole rings is 1. The van der Waals surface area contributed by atoms with Crippen LogP contribution in [0.15, 0.2) is 6.33 Å². The molecular formula is C13H23N3. The van der Waals surface area contributed by atoms with Crippen LogP contribution in [0.25, 0.3) is 0 Å². The SMILES string of the molecule is CC(C)(C)C(CN)n1cnc2c1CCCC2. The number of rotatable bonds is 2. The first-order chi connectivity index (χ1) is 7.54. The monoisotopic (exact) mass is 221 g/mol. The molecule has 1 atom stereocenters. The van der Waals surface area contributed by atoms with Crippen LogP contribution in [-0.2, 0) is 12.8 Å². The zero-order valence-corrected chi connectivity index (χ0v) is 10.7. The largest absolute Gasteiger partial charge is 0.329 e. The Morgan fingerprint density at radius 2 is 2.06 bits per heavy atom. The third-order valence-electron chi connectivity index (χ3n) is 3.62. The lowest BCUT2D eigenvalue weighted by Gasteiger charge is -2.32. The maximum Gasteiger partial charge on any atom is 0.0954 e. The van der Waals surface area contributed by atoms with E-state index in [0.717, 1.165) is 6.42 Å². The zero-order valence-electron chi connectivity index (χ0n) is 10.7. The average Bonchev–Trinajstić information content (AvgIpc) is 2.61. The summed E-state index contributed by atoms with van der Waals surface area (Å²) < 4.78 is 2.33. The van der Waals surface area contributed by atoms with Gasteiger partial charge in [0.05, 0.1) is 18.1 Å². The Hall–Kier alpha value is -0.830. The predicted octanol–water partition coefficient (Wildman–Crippen LogP) is 2.31. The molecule has 0 saturated carbocycles. The minimum absolute atomic E-state index is 0.195. The molecule has 1 aromatic rings. The van der Waals surface area contributed by atoms with Crippen molar-refractivity contribution in [2.45, 2.75) is 52.5 Å². The smallest absolute Gasteiger partial charge is 0.0954 e. The van der Waals surface area contributed by atoms with Crippen molar-refractivity contribution < 1.29 is 0 Å². The molecule has 0 bridgehead atoms. The molecule has 0 spiro atoms. The van der Waals surface area contributed by atoms with E-state index in [1.165, 1.54) is 30.7 Å². The van der Waals surface area contributed by atoms with Gasteiger partial charge in [0.1, 0.15) is 0 Å². The molecule has 90 valence electrons. The van der Waals surface area contributed by atoms with E-state index in [9.17, 15) is 0 Å². The van der Waals surface area contributed by atoms with Crippen molar-refractivity contribution in [3.63, 3.8) is 0 Å². The number of aromatic nitrogens is 2. The lowest BCUT2D eigenvalue weighted by molar-refractivity contribution is 0.243. The minimum Gasteiger partial charge on any atom is -0.329 e. The molecule has 2 N–H and O–H groups in total. The molecule has 3 nitrogen and oxygen atoms in total. The summed E-state index contributed by atoms with van der Waals surface area (Å²) in [4.78, 5) is 4.55. The maximum absolute atomic E-state index is 5.93. The Labute approximate surface area is 98.1 Å². The number of hydrogen-bond acceptors (Lipinski definition) is 2. The fraction of sp³-hybridized carbons (Fsp3) is 0.769. The Morgan fingerprint density at radius 3 is 2.69 bits per heavy atom. The van der Waals surface area contributed by atoms with Gasteiger partial charge < -0.3 is 10.3 Å². The van der Waals surface area contributed by atoms with Crippen LogP contribution in [0, 0.1) is 5.41 Å². The van der Waals surface area contributed by atoms with E-state index in [4.69, 9.17) is 5.73 Å². The van der Waals surface area contributed by atoms with E-state index in [1.54, 1.807) is 0 Å². The molecule has 1 aromatic heterocycles. The molecule has 1 aliphatic rings. The van der Waals surface area contributed by atoms with Crippen molar-refractivity contribution >= 4 is 0 Å². The van der Waals surface area contributed by atoms with Gasteiger partial charge in [-0.3, -0.25) is 0 Å². The number of fused-ring (bicyclic) bond motifs is 1. The van der Waals surface area contributed by atoms with E-state index in [1.807, 2.05) is 6.33 Å². The van der Waals surface area contributed by atoms with E-state index in [0.29, 0.717) is 12.6 Å². The lowest BCUT2D eigenvalue weighted by Crippen LogP contribution is -2.32. The van der Waals surface area contributed by atoms with Gasteiger partial charge in [0.25, 0.3) is 0 Å². The predicted molar refractivity (Wildman–Crippen MR) is 66.4 cm³/mol. The van der Waals surface area contributed by atoms with Crippen molar-refractivity contribution in [2.75, 3.05) is 6.54 Å². The molecule has 0 aromatic carbocycles. The molecular weight excluding hydrogens is 198 g/mol. The van der Waals surface area contributed by atoms with Crippen LogP contribution in [0.4, 0.5) is 0 Å². The first kappa shape index (κ1) is 11.6. The topological polar surface area (TPSA) is 43.8 Å². The van der Waals surface area contributed by atoms with Crippen molar-refractivity contribution in [2.24, 2.45) is 11.1 Å². The molecule has 0 saturated heterocycles. The second-order valence-electron chi connectivity index (χ2n) is 5.87. The van der Waals surface area contributed by atoms with Gasteiger partial charge >= 0.3 is 0 Å². The summed E-state index contributed by atoms with van der Waals surface area (Å²) in [5, 5.41) is 0. The highest BCUT2D eigenvalue weighted by atomic mass is 15.1. The van der Waals surface area contributed by atoms with Crippen molar-refractivity contribution in [1.29, 1.82) is 0 Å². The van der Waals surface area contributed by atoms with E-state index in [-0.39, 0.29) is 5.41 Å². The van der Waals surface area contributed by atoms with Crippen LogP contribution in [0.3, 0.4) is 0 Å². The Bertz CT molecular complexity index is 360. The molecule has 0 amide bonds. The number of aryl methyl sites for hydroxylation is 1. The first-order valence-corrected chi connectivity index (χ1v) is 6.28. The van der Waals surface area contributed by atoms with Gasteiger partial charge in [-0.2, -0.15) is 0 Å². The van der Waals surface area contributed by atoms with Crippen LogP contribution in [0.1, 0.15) is 51.0 Å². The summed E-state index contributed by atoms with van der Waals surface area (Å²) in [5.74, 6) is 0. The second kappa shape index (κ2) is 4.21. The summed E-state index contributed by atoms with van der Waals surface area (Å²) in [5.41, 5.74) is 8.86. The fourth-order valence-corrected chi connectivity index (χ4v) is 2.65. The third kappa shape index (κ3) is 2.01. The maximum atomic E-state index is 5.93. The van der Waals surface area contributed by atoms with Gasteiger partial charge in [0.2, 0.25) is 0 Å². The van der Waals surface area contributed by atoms with Crippen LogP contribution in [-0.4, -0.2) is 16.1 Å². The van der Waals surface area contributed by atoms with Crippen LogP contribution >= 0.6 is 0 Å². The van der Waals surface area contributed by atoms with Gasteiger partial charge in [-0.05, 0) is 31.1 Å². The summed E-state index contributed by atoms with van der Waals surface area (Å²) in [6.45, 7) is 7.44. The number of nitrogens with two attached hydrogens (primary N) is 1. The van der Waals surface area contributed by atoms with Crippen molar-refractivity contribution in [3.8, 4) is 0 Å².